The molecule has 24 heavy (non-hydrogen) atoms. The van der Waals surface area contributed by atoms with E-state index in [2.05, 4.69) is 16.3 Å². The third-order valence-electron chi connectivity index (χ3n) is 4.67. The van der Waals surface area contributed by atoms with Crippen molar-refractivity contribution < 1.29 is 9.53 Å². The summed E-state index contributed by atoms with van der Waals surface area (Å²) in [7, 11) is 3.57. The Morgan fingerprint density at radius 2 is 2.25 bits per heavy atom. The maximum atomic E-state index is 12.8. The monoisotopic (exact) mass is 328 g/mol. The van der Waals surface area contributed by atoms with Gasteiger partial charge >= 0.3 is 0 Å². The molecule has 0 N–H and O–H groups in total. The van der Waals surface area contributed by atoms with E-state index in [1.54, 1.807) is 13.4 Å². The molecule has 1 aromatic heterocycles. The summed E-state index contributed by atoms with van der Waals surface area (Å²) in [5.74, 6) is 1.87. The predicted octanol–water partition coefficient (Wildman–Crippen LogP) is 2.51. The molecule has 0 bridgehead atoms. The van der Waals surface area contributed by atoms with E-state index in [0.717, 1.165) is 42.9 Å². The number of hydrogen-bond acceptors (Lipinski definition) is 4. The van der Waals surface area contributed by atoms with E-state index in [0.29, 0.717) is 12.8 Å². The maximum absolute atomic E-state index is 12.8. The van der Waals surface area contributed by atoms with Crippen LogP contribution < -0.4 is 4.74 Å². The number of aromatic nitrogens is 3. The Morgan fingerprint density at radius 3 is 3.00 bits per heavy atom. The van der Waals surface area contributed by atoms with Crippen LogP contribution in [0.3, 0.4) is 0 Å². The first-order chi connectivity index (χ1) is 11.7. The van der Waals surface area contributed by atoms with Crippen LogP contribution in [0.15, 0.2) is 30.6 Å². The summed E-state index contributed by atoms with van der Waals surface area (Å²) in [6.45, 7) is 0.819. The number of benzene rings is 1. The van der Waals surface area contributed by atoms with E-state index in [9.17, 15) is 4.79 Å². The number of hydrogen-bond donors (Lipinski definition) is 0. The maximum Gasteiger partial charge on any atom is 0.223 e. The summed E-state index contributed by atoms with van der Waals surface area (Å²) < 4.78 is 7.19. The van der Waals surface area contributed by atoms with E-state index in [4.69, 9.17) is 4.74 Å². The quantitative estimate of drug-likeness (QED) is 0.846. The van der Waals surface area contributed by atoms with Crippen molar-refractivity contribution in [1.82, 2.24) is 19.7 Å². The van der Waals surface area contributed by atoms with E-state index in [1.807, 2.05) is 34.7 Å². The number of rotatable bonds is 5. The van der Waals surface area contributed by atoms with Crippen molar-refractivity contribution >= 4 is 5.91 Å². The number of nitrogens with zero attached hydrogens (tertiary/aromatic N) is 4. The zero-order valence-electron chi connectivity index (χ0n) is 14.3. The standard InChI is InChI=1S/C18H24N4O2/c1-21-13-19-20-17(21)9-10-18(23)22-11-4-3-8-16(22)14-6-5-7-15(12-14)24-2/h5-7,12-13,16H,3-4,8-11H2,1-2H3/t16-/m1/s1. The smallest absolute Gasteiger partial charge is 0.223 e. The lowest BCUT2D eigenvalue weighted by molar-refractivity contribution is -0.135. The molecule has 6 nitrogen and oxygen atoms in total. The van der Waals surface area contributed by atoms with Crippen molar-refractivity contribution in [2.24, 2.45) is 7.05 Å². The van der Waals surface area contributed by atoms with Gasteiger partial charge in [0.25, 0.3) is 0 Å². The lowest BCUT2D eigenvalue weighted by atomic mass is 9.94. The van der Waals surface area contributed by atoms with Gasteiger partial charge in [-0.15, -0.1) is 10.2 Å². The summed E-state index contributed by atoms with van der Waals surface area (Å²) in [4.78, 5) is 14.8. The van der Waals surface area contributed by atoms with Gasteiger partial charge in [-0.25, -0.2) is 0 Å². The van der Waals surface area contributed by atoms with Gasteiger partial charge in [-0.3, -0.25) is 4.79 Å². The molecule has 0 radical (unpaired) electrons. The van der Waals surface area contributed by atoms with Gasteiger partial charge in [0.15, 0.2) is 0 Å². The van der Waals surface area contributed by atoms with Gasteiger partial charge in [-0.1, -0.05) is 12.1 Å². The van der Waals surface area contributed by atoms with Crippen molar-refractivity contribution in [1.29, 1.82) is 0 Å². The molecule has 1 fully saturated rings. The van der Waals surface area contributed by atoms with Gasteiger partial charge in [-0.2, -0.15) is 0 Å². The third-order valence-corrected chi connectivity index (χ3v) is 4.67. The van der Waals surface area contributed by atoms with Crippen molar-refractivity contribution in [3.8, 4) is 5.75 Å². The molecule has 128 valence electrons. The summed E-state index contributed by atoms with van der Waals surface area (Å²) in [5, 5.41) is 7.93. The molecule has 1 atom stereocenters. The van der Waals surface area contributed by atoms with Crippen LogP contribution in [-0.2, 0) is 18.3 Å². The van der Waals surface area contributed by atoms with Crippen molar-refractivity contribution in [3.05, 3.63) is 42.0 Å². The highest BCUT2D eigenvalue weighted by Crippen LogP contribution is 2.33. The molecule has 0 unspecified atom stereocenters. The van der Waals surface area contributed by atoms with Crippen LogP contribution in [0.5, 0.6) is 5.75 Å². The van der Waals surface area contributed by atoms with Crippen molar-refractivity contribution in [2.45, 2.75) is 38.1 Å². The fourth-order valence-corrected chi connectivity index (χ4v) is 3.32. The molecule has 2 heterocycles. The average Bonchev–Trinajstić information content (AvgIpc) is 3.04. The Bertz CT molecular complexity index is 698. The van der Waals surface area contributed by atoms with Crippen molar-refractivity contribution in [3.63, 3.8) is 0 Å². The highest BCUT2D eigenvalue weighted by molar-refractivity contribution is 5.77. The minimum absolute atomic E-state index is 0.140. The van der Waals surface area contributed by atoms with E-state index in [1.165, 1.54) is 0 Å². The molecule has 1 saturated heterocycles. The molecule has 1 aliphatic heterocycles. The lowest BCUT2D eigenvalue weighted by Gasteiger charge is -2.36. The highest BCUT2D eigenvalue weighted by atomic mass is 16.5. The van der Waals surface area contributed by atoms with Crippen LogP contribution >= 0.6 is 0 Å². The molecule has 0 spiro atoms. The SMILES string of the molecule is COc1cccc([C@H]2CCCCN2C(=O)CCc2nncn2C)c1. The van der Waals surface area contributed by atoms with Gasteiger partial charge in [0, 0.05) is 26.4 Å². The molecule has 3 rings (SSSR count). The number of aryl methyl sites for hydroxylation is 2. The predicted molar refractivity (Wildman–Crippen MR) is 90.6 cm³/mol. The summed E-state index contributed by atoms with van der Waals surface area (Å²) in [5.41, 5.74) is 1.15. The average molecular weight is 328 g/mol. The van der Waals surface area contributed by atoms with Crippen LogP contribution in [0.25, 0.3) is 0 Å². The Kier molecular flexibility index (Phi) is 5.13. The third kappa shape index (κ3) is 3.58. The van der Waals surface area contributed by atoms with Crippen LogP contribution in [0.2, 0.25) is 0 Å². The van der Waals surface area contributed by atoms with Crippen LogP contribution in [-0.4, -0.2) is 39.2 Å². The first-order valence-corrected chi connectivity index (χ1v) is 8.45. The highest BCUT2D eigenvalue weighted by Gasteiger charge is 2.28. The number of amides is 1. The minimum atomic E-state index is 0.140. The van der Waals surface area contributed by atoms with Gasteiger partial charge in [0.2, 0.25) is 5.91 Å². The summed E-state index contributed by atoms with van der Waals surface area (Å²) >= 11 is 0. The first kappa shape index (κ1) is 16.5. The van der Waals surface area contributed by atoms with Gasteiger partial charge < -0.3 is 14.2 Å². The van der Waals surface area contributed by atoms with Crippen LogP contribution in [0, 0.1) is 0 Å². The Morgan fingerprint density at radius 1 is 1.38 bits per heavy atom. The van der Waals surface area contributed by atoms with Gasteiger partial charge in [0.05, 0.1) is 13.2 Å². The number of likely N-dealkylation sites (tertiary alicyclic amines) is 1. The molecular formula is C18H24N4O2. The lowest BCUT2D eigenvalue weighted by Crippen LogP contribution is -2.38. The molecule has 0 saturated carbocycles. The topological polar surface area (TPSA) is 60.2 Å². The molecule has 1 aliphatic rings. The van der Waals surface area contributed by atoms with Crippen LogP contribution in [0.1, 0.15) is 43.1 Å². The summed E-state index contributed by atoms with van der Waals surface area (Å²) in [6, 6.07) is 8.19. The molecule has 1 amide bonds. The molecule has 1 aromatic carbocycles. The minimum Gasteiger partial charge on any atom is -0.497 e. The largest absolute Gasteiger partial charge is 0.497 e. The van der Waals surface area contributed by atoms with E-state index >= 15 is 0 Å². The second-order valence-electron chi connectivity index (χ2n) is 6.23. The number of piperidine rings is 1. The van der Waals surface area contributed by atoms with Crippen LogP contribution in [0.4, 0.5) is 0 Å². The Labute approximate surface area is 142 Å². The number of carbonyl (C=O) groups excluding carboxylic acids is 1. The molecule has 6 heteroatoms. The molecule has 2 aromatic rings. The zero-order valence-corrected chi connectivity index (χ0v) is 14.3. The fraction of sp³-hybridized carbons (Fsp3) is 0.500. The molecular weight excluding hydrogens is 304 g/mol. The Balaban J connectivity index is 1.71. The Hall–Kier alpha value is -2.37. The number of ether oxygens (including phenoxy) is 1. The summed E-state index contributed by atoms with van der Waals surface area (Å²) in [6.07, 6.45) is 5.97. The van der Waals surface area contributed by atoms with Gasteiger partial charge in [-0.05, 0) is 37.0 Å². The normalized spacial score (nSPS) is 17.8. The number of carbonyl (C=O) groups is 1. The first-order valence-electron chi connectivity index (χ1n) is 8.45. The fourth-order valence-electron chi connectivity index (χ4n) is 3.32. The second-order valence-corrected chi connectivity index (χ2v) is 6.23. The second kappa shape index (κ2) is 7.47. The number of methoxy groups -OCH3 is 1. The van der Waals surface area contributed by atoms with E-state index in [-0.39, 0.29) is 11.9 Å². The zero-order chi connectivity index (χ0) is 16.9. The van der Waals surface area contributed by atoms with Gasteiger partial charge in [0.1, 0.15) is 17.9 Å². The molecule has 0 aliphatic carbocycles. The van der Waals surface area contributed by atoms with Crippen molar-refractivity contribution in [2.75, 3.05) is 13.7 Å². The van der Waals surface area contributed by atoms with E-state index < -0.39 is 0 Å².